The lowest BCUT2D eigenvalue weighted by molar-refractivity contribution is 0.0512. The molecule has 0 atom stereocenters. The number of hydrogen-bond donors (Lipinski definition) is 1. The van der Waals surface area contributed by atoms with Crippen molar-refractivity contribution >= 4 is 6.09 Å². The molecule has 0 fully saturated rings. The van der Waals surface area contributed by atoms with Crippen LogP contribution in [-0.4, -0.2) is 11.7 Å². The summed E-state index contributed by atoms with van der Waals surface area (Å²) in [6.07, 6.45) is -0.416. The zero-order chi connectivity index (χ0) is 15.3. The number of nitrogens with one attached hydrogen (secondary N) is 1. The van der Waals surface area contributed by atoms with Gasteiger partial charge >= 0.3 is 6.09 Å². The van der Waals surface area contributed by atoms with Crippen LogP contribution in [0.25, 0.3) is 0 Å². The Balaban J connectivity index is 2.24. The highest BCUT2D eigenvalue weighted by molar-refractivity contribution is 5.69. The fourth-order valence-corrected chi connectivity index (χ4v) is 2.08. The van der Waals surface area contributed by atoms with Crippen LogP contribution in [-0.2, 0) is 4.74 Å². The highest BCUT2D eigenvalue weighted by Gasteiger charge is 2.21. The highest BCUT2D eigenvalue weighted by atomic mass is 16.6. The summed E-state index contributed by atoms with van der Waals surface area (Å²) in [5, 5.41) is 2.94. The summed E-state index contributed by atoms with van der Waals surface area (Å²) in [7, 11) is 0. The van der Waals surface area contributed by atoms with Gasteiger partial charge < -0.3 is 10.1 Å². The summed E-state index contributed by atoms with van der Waals surface area (Å²) in [4.78, 5) is 12.1. The summed E-state index contributed by atoms with van der Waals surface area (Å²) in [6, 6.07) is 19.5. The first-order chi connectivity index (χ1) is 9.96. The average molecular weight is 283 g/mol. The van der Waals surface area contributed by atoms with Crippen LogP contribution in [0.1, 0.15) is 37.9 Å². The van der Waals surface area contributed by atoms with Crippen molar-refractivity contribution in [3.8, 4) is 0 Å². The number of carbonyl (C=O) groups excluding carboxylic acids is 1. The molecular formula is C18H21NO2. The van der Waals surface area contributed by atoms with E-state index in [0.717, 1.165) is 11.1 Å². The number of benzene rings is 2. The summed E-state index contributed by atoms with van der Waals surface area (Å²) in [6.45, 7) is 5.56. The predicted octanol–water partition coefficient (Wildman–Crippen LogP) is 4.30. The number of carbonyl (C=O) groups is 1. The Morgan fingerprint density at radius 1 is 0.905 bits per heavy atom. The fraction of sp³-hybridized carbons (Fsp3) is 0.278. The van der Waals surface area contributed by atoms with Crippen molar-refractivity contribution < 1.29 is 9.53 Å². The van der Waals surface area contributed by atoms with Gasteiger partial charge in [0, 0.05) is 0 Å². The normalized spacial score (nSPS) is 11.2. The Bertz CT molecular complexity index is 534. The molecule has 110 valence electrons. The third-order valence-corrected chi connectivity index (χ3v) is 2.93. The smallest absolute Gasteiger partial charge is 0.408 e. The van der Waals surface area contributed by atoms with Gasteiger partial charge in [0.2, 0.25) is 0 Å². The average Bonchev–Trinajstić information content (AvgIpc) is 2.45. The van der Waals surface area contributed by atoms with Gasteiger partial charge in [-0.1, -0.05) is 60.7 Å². The molecule has 2 aromatic carbocycles. The topological polar surface area (TPSA) is 38.3 Å². The van der Waals surface area contributed by atoms with Gasteiger partial charge in [-0.15, -0.1) is 0 Å². The molecule has 0 spiro atoms. The minimum atomic E-state index is -0.512. The van der Waals surface area contributed by atoms with Crippen LogP contribution in [0.3, 0.4) is 0 Å². The van der Waals surface area contributed by atoms with Crippen LogP contribution >= 0.6 is 0 Å². The zero-order valence-corrected chi connectivity index (χ0v) is 12.7. The summed E-state index contributed by atoms with van der Waals surface area (Å²) in [5.41, 5.74) is 1.53. The first kappa shape index (κ1) is 15.1. The molecule has 0 saturated carbocycles. The van der Waals surface area contributed by atoms with E-state index in [1.807, 2.05) is 81.4 Å². The number of ether oxygens (including phenoxy) is 1. The molecule has 1 N–H and O–H groups in total. The van der Waals surface area contributed by atoms with Crippen molar-refractivity contribution in [1.29, 1.82) is 0 Å². The van der Waals surface area contributed by atoms with Crippen LogP contribution in [0, 0.1) is 0 Å². The molecule has 3 nitrogen and oxygen atoms in total. The predicted molar refractivity (Wildman–Crippen MR) is 84.1 cm³/mol. The number of hydrogen-bond acceptors (Lipinski definition) is 2. The second-order valence-corrected chi connectivity index (χ2v) is 5.90. The van der Waals surface area contributed by atoms with Crippen LogP contribution in [0.4, 0.5) is 4.79 Å². The number of amides is 1. The lowest BCUT2D eigenvalue weighted by Gasteiger charge is -2.24. The van der Waals surface area contributed by atoms with Crippen molar-refractivity contribution in [2.75, 3.05) is 0 Å². The molecule has 0 saturated heterocycles. The molecule has 0 aliphatic heterocycles. The van der Waals surface area contributed by atoms with Crippen LogP contribution < -0.4 is 5.32 Å². The number of rotatable bonds is 3. The van der Waals surface area contributed by atoms with Gasteiger partial charge in [0.05, 0.1) is 6.04 Å². The van der Waals surface area contributed by atoms with E-state index in [1.54, 1.807) is 0 Å². The Morgan fingerprint density at radius 3 is 1.71 bits per heavy atom. The van der Waals surface area contributed by atoms with Crippen LogP contribution in [0.5, 0.6) is 0 Å². The largest absolute Gasteiger partial charge is 0.444 e. The Kier molecular flexibility index (Phi) is 4.63. The molecule has 0 aliphatic rings. The molecule has 0 heterocycles. The first-order valence-corrected chi connectivity index (χ1v) is 7.05. The second-order valence-electron chi connectivity index (χ2n) is 5.90. The van der Waals surface area contributed by atoms with Gasteiger partial charge in [-0.25, -0.2) is 4.79 Å². The van der Waals surface area contributed by atoms with Crippen molar-refractivity contribution in [3.63, 3.8) is 0 Å². The van der Waals surface area contributed by atoms with E-state index in [2.05, 4.69) is 5.32 Å². The quantitative estimate of drug-likeness (QED) is 0.912. The number of alkyl carbamates (subject to hydrolysis) is 1. The maximum absolute atomic E-state index is 12.1. The Hall–Kier alpha value is -2.29. The second kappa shape index (κ2) is 6.44. The molecule has 0 aromatic heterocycles. The minimum absolute atomic E-state index is 0.220. The molecule has 3 heteroatoms. The van der Waals surface area contributed by atoms with Gasteiger partial charge in [0.1, 0.15) is 5.60 Å². The van der Waals surface area contributed by atoms with Crippen LogP contribution in [0.2, 0.25) is 0 Å². The van der Waals surface area contributed by atoms with E-state index in [-0.39, 0.29) is 6.04 Å². The monoisotopic (exact) mass is 283 g/mol. The molecule has 21 heavy (non-hydrogen) atoms. The maximum Gasteiger partial charge on any atom is 0.408 e. The Labute approximate surface area is 126 Å². The van der Waals surface area contributed by atoms with Crippen molar-refractivity contribution in [1.82, 2.24) is 5.32 Å². The van der Waals surface area contributed by atoms with Gasteiger partial charge in [-0.2, -0.15) is 0 Å². The molecule has 2 rings (SSSR count). The zero-order valence-electron chi connectivity index (χ0n) is 12.7. The van der Waals surface area contributed by atoms with E-state index in [9.17, 15) is 4.79 Å². The van der Waals surface area contributed by atoms with E-state index < -0.39 is 11.7 Å². The van der Waals surface area contributed by atoms with Crippen molar-refractivity contribution in [2.45, 2.75) is 32.4 Å². The van der Waals surface area contributed by atoms with Gasteiger partial charge in [0.15, 0.2) is 0 Å². The third-order valence-electron chi connectivity index (χ3n) is 2.93. The highest BCUT2D eigenvalue weighted by Crippen LogP contribution is 2.22. The Morgan fingerprint density at radius 2 is 1.33 bits per heavy atom. The van der Waals surface area contributed by atoms with E-state index in [0.29, 0.717) is 0 Å². The van der Waals surface area contributed by atoms with E-state index in [1.165, 1.54) is 0 Å². The first-order valence-electron chi connectivity index (χ1n) is 7.05. The van der Waals surface area contributed by atoms with Gasteiger partial charge in [-0.05, 0) is 31.9 Å². The molecule has 0 bridgehead atoms. The SMILES string of the molecule is CC(C)(C)OC(=O)NC(c1ccccc1)c1ccccc1. The lowest BCUT2D eigenvalue weighted by Crippen LogP contribution is -2.35. The molecule has 2 aromatic rings. The van der Waals surface area contributed by atoms with E-state index >= 15 is 0 Å². The van der Waals surface area contributed by atoms with E-state index in [4.69, 9.17) is 4.74 Å². The molecule has 0 unspecified atom stereocenters. The van der Waals surface area contributed by atoms with Crippen LogP contribution in [0.15, 0.2) is 60.7 Å². The van der Waals surface area contributed by atoms with Crippen molar-refractivity contribution in [3.05, 3.63) is 71.8 Å². The van der Waals surface area contributed by atoms with Gasteiger partial charge in [0.25, 0.3) is 0 Å². The summed E-state index contributed by atoms with van der Waals surface area (Å²) < 4.78 is 5.36. The molecule has 1 amide bonds. The molecule has 0 aliphatic carbocycles. The summed E-state index contributed by atoms with van der Waals surface area (Å²) >= 11 is 0. The lowest BCUT2D eigenvalue weighted by atomic mass is 9.99. The third kappa shape index (κ3) is 4.63. The van der Waals surface area contributed by atoms with Crippen molar-refractivity contribution in [2.24, 2.45) is 0 Å². The summed E-state index contributed by atoms with van der Waals surface area (Å²) in [5.74, 6) is 0. The fourth-order valence-electron chi connectivity index (χ4n) is 2.08. The minimum Gasteiger partial charge on any atom is -0.444 e. The standard InChI is InChI=1S/C18H21NO2/c1-18(2,3)21-17(20)19-16(14-10-6-4-7-11-14)15-12-8-5-9-13-15/h4-13,16H,1-3H3,(H,19,20). The molecule has 0 radical (unpaired) electrons. The maximum atomic E-state index is 12.1. The van der Waals surface area contributed by atoms with Gasteiger partial charge in [-0.3, -0.25) is 0 Å². The molecular weight excluding hydrogens is 262 g/mol.